The smallest absolute Gasteiger partial charge is 0.335 e. The number of rotatable bonds is 6. The molecule has 0 aliphatic carbocycles. The van der Waals surface area contributed by atoms with E-state index in [1.54, 1.807) is 24.3 Å². The molecule has 0 unspecified atom stereocenters. The first-order valence-corrected chi connectivity index (χ1v) is 10.2. The molecule has 2 aromatic carbocycles. The molecule has 2 heterocycles. The van der Waals surface area contributed by atoms with Gasteiger partial charge in [-0.2, -0.15) is 4.98 Å². The Labute approximate surface area is 180 Å². The van der Waals surface area contributed by atoms with Crippen LogP contribution in [0.2, 0.25) is 0 Å². The lowest BCUT2D eigenvalue weighted by Crippen LogP contribution is -2.13. The van der Waals surface area contributed by atoms with Gasteiger partial charge in [-0.15, -0.1) is 0 Å². The number of hydrogen-bond donors (Lipinski definition) is 3. The van der Waals surface area contributed by atoms with Gasteiger partial charge in [-0.25, -0.2) is 4.79 Å². The van der Waals surface area contributed by atoms with Gasteiger partial charge in [0.15, 0.2) is 5.65 Å². The van der Waals surface area contributed by atoms with Gasteiger partial charge in [-0.05, 0) is 57.6 Å². The Balaban J connectivity index is 1.73. The summed E-state index contributed by atoms with van der Waals surface area (Å²) in [5.41, 5.74) is 9.21. The number of H-pyrrole nitrogens is 1. The highest BCUT2D eigenvalue weighted by molar-refractivity contribution is 9.10. The molecule has 0 fully saturated rings. The predicted octanol–water partition coefficient (Wildman–Crippen LogP) is 3.60. The number of aromatic nitrogens is 3. The molecular formula is C22H19BrN4O3. The summed E-state index contributed by atoms with van der Waals surface area (Å²) in [5, 5.41) is 9.56. The number of nitrogens with one attached hydrogen (secondary N) is 1. The number of carbonyl (C=O) groups is 1. The Morgan fingerprint density at radius 1 is 1.07 bits per heavy atom. The maximum absolute atomic E-state index is 12.7. The van der Waals surface area contributed by atoms with Gasteiger partial charge in [-0.3, -0.25) is 9.78 Å². The first kappa shape index (κ1) is 19.9. The lowest BCUT2D eigenvalue weighted by atomic mass is 10.0. The topological polar surface area (TPSA) is 114 Å². The number of nitrogens with two attached hydrogens (primary N) is 1. The van der Waals surface area contributed by atoms with E-state index in [0.717, 1.165) is 21.3 Å². The molecule has 7 nitrogen and oxygen atoms in total. The second kappa shape index (κ2) is 8.16. The fraction of sp³-hybridized carbons (Fsp3) is 0.136. The number of aromatic amines is 1. The average molecular weight is 467 g/mol. The standard InChI is InChI=1S/C22H19BrN4O3/c23-18-16(11-8-13-6-9-15(10-7-13)21(29)30)17-19(25-22(24)26-20(17)28)27(18)12-14-4-2-1-3-5-14/h1-7,9-10H,8,11-12H2,(H,29,30)(H3,24,25,26,28). The summed E-state index contributed by atoms with van der Waals surface area (Å²) in [5.74, 6) is -0.883. The van der Waals surface area contributed by atoms with Crippen molar-refractivity contribution >= 4 is 38.9 Å². The van der Waals surface area contributed by atoms with Crippen molar-refractivity contribution in [1.82, 2.24) is 14.5 Å². The van der Waals surface area contributed by atoms with E-state index < -0.39 is 5.97 Å². The number of halogens is 1. The van der Waals surface area contributed by atoms with E-state index in [4.69, 9.17) is 10.8 Å². The number of nitrogens with zero attached hydrogens (tertiary/aromatic N) is 2. The predicted molar refractivity (Wildman–Crippen MR) is 119 cm³/mol. The summed E-state index contributed by atoms with van der Waals surface area (Å²) < 4.78 is 2.73. The number of fused-ring (bicyclic) bond motifs is 1. The number of anilines is 1. The Kier molecular flexibility index (Phi) is 5.41. The van der Waals surface area contributed by atoms with Crippen LogP contribution in [0.15, 0.2) is 64.0 Å². The second-order valence-electron chi connectivity index (χ2n) is 6.99. The summed E-state index contributed by atoms with van der Waals surface area (Å²) in [4.78, 5) is 30.7. The molecule has 0 atom stereocenters. The Morgan fingerprint density at radius 2 is 1.77 bits per heavy atom. The normalized spacial score (nSPS) is 11.1. The molecule has 0 aliphatic heterocycles. The molecule has 0 saturated heterocycles. The second-order valence-corrected chi connectivity index (χ2v) is 7.74. The van der Waals surface area contributed by atoms with Gasteiger partial charge in [0.25, 0.3) is 5.56 Å². The maximum atomic E-state index is 12.7. The molecule has 0 radical (unpaired) electrons. The Morgan fingerprint density at radius 3 is 2.43 bits per heavy atom. The lowest BCUT2D eigenvalue weighted by molar-refractivity contribution is 0.0697. The van der Waals surface area contributed by atoms with Crippen molar-refractivity contribution in [2.45, 2.75) is 19.4 Å². The van der Waals surface area contributed by atoms with Crippen LogP contribution in [0.1, 0.15) is 27.0 Å². The van der Waals surface area contributed by atoms with E-state index in [-0.39, 0.29) is 17.1 Å². The summed E-state index contributed by atoms with van der Waals surface area (Å²) in [6.45, 7) is 0.543. The van der Waals surface area contributed by atoms with E-state index in [1.165, 1.54) is 0 Å². The molecule has 30 heavy (non-hydrogen) atoms. The van der Waals surface area contributed by atoms with E-state index in [1.807, 2.05) is 34.9 Å². The number of nitrogen functional groups attached to an aromatic ring is 1. The minimum atomic E-state index is -0.955. The number of carboxylic acid groups (broad SMARTS) is 1. The zero-order valence-corrected chi connectivity index (χ0v) is 17.5. The van der Waals surface area contributed by atoms with Crippen LogP contribution in [0.5, 0.6) is 0 Å². The van der Waals surface area contributed by atoms with Crippen LogP contribution in [0.4, 0.5) is 5.95 Å². The van der Waals surface area contributed by atoms with Gasteiger partial charge in [0, 0.05) is 0 Å². The van der Waals surface area contributed by atoms with Gasteiger partial charge in [-0.1, -0.05) is 42.5 Å². The van der Waals surface area contributed by atoms with Crippen LogP contribution >= 0.6 is 15.9 Å². The van der Waals surface area contributed by atoms with Crippen molar-refractivity contribution in [3.8, 4) is 0 Å². The molecular weight excluding hydrogens is 448 g/mol. The number of aromatic carboxylic acids is 1. The van der Waals surface area contributed by atoms with Gasteiger partial charge >= 0.3 is 5.97 Å². The third kappa shape index (κ3) is 3.86. The van der Waals surface area contributed by atoms with Crippen LogP contribution in [0, 0.1) is 0 Å². The van der Waals surface area contributed by atoms with Crippen molar-refractivity contribution < 1.29 is 9.90 Å². The van der Waals surface area contributed by atoms with Crippen molar-refractivity contribution in [2.75, 3.05) is 5.73 Å². The third-order valence-electron chi connectivity index (χ3n) is 5.01. The van der Waals surface area contributed by atoms with Gasteiger partial charge in [0.2, 0.25) is 5.95 Å². The minimum Gasteiger partial charge on any atom is -0.478 e. The highest BCUT2D eigenvalue weighted by atomic mass is 79.9. The molecule has 2 aromatic heterocycles. The first-order chi connectivity index (χ1) is 14.4. The minimum absolute atomic E-state index is 0.0719. The quantitative estimate of drug-likeness (QED) is 0.401. The molecule has 4 N–H and O–H groups in total. The fourth-order valence-corrected chi connectivity index (χ4v) is 4.22. The highest BCUT2D eigenvalue weighted by Gasteiger charge is 2.20. The summed E-state index contributed by atoms with van der Waals surface area (Å²) >= 11 is 3.67. The van der Waals surface area contributed by atoms with Crippen molar-refractivity contribution in [2.24, 2.45) is 0 Å². The summed E-state index contributed by atoms with van der Waals surface area (Å²) in [6, 6.07) is 16.7. The van der Waals surface area contributed by atoms with E-state index >= 15 is 0 Å². The van der Waals surface area contributed by atoms with Crippen LogP contribution in [0.25, 0.3) is 11.0 Å². The lowest BCUT2D eigenvalue weighted by Gasteiger charge is -2.07. The van der Waals surface area contributed by atoms with Crippen LogP contribution in [-0.2, 0) is 19.4 Å². The highest BCUT2D eigenvalue weighted by Crippen LogP contribution is 2.29. The number of benzene rings is 2. The van der Waals surface area contributed by atoms with Crippen molar-refractivity contribution in [1.29, 1.82) is 0 Å². The van der Waals surface area contributed by atoms with Crippen LogP contribution in [-0.4, -0.2) is 25.6 Å². The van der Waals surface area contributed by atoms with Gasteiger partial charge in [0.05, 0.1) is 22.1 Å². The fourth-order valence-electron chi connectivity index (χ4n) is 3.53. The van der Waals surface area contributed by atoms with Crippen molar-refractivity contribution in [3.05, 3.63) is 91.8 Å². The summed E-state index contributed by atoms with van der Waals surface area (Å²) in [7, 11) is 0. The molecule has 152 valence electrons. The number of hydrogen-bond acceptors (Lipinski definition) is 4. The Hall–Kier alpha value is -3.39. The monoisotopic (exact) mass is 466 g/mol. The molecule has 0 spiro atoms. The molecule has 4 rings (SSSR count). The van der Waals surface area contributed by atoms with E-state index in [0.29, 0.717) is 30.4 Å². The zero-order valence-electron chi connectivity index (χ0n) is 15.9. The molecule has 0 saturated carbocycles. The molecule has 0 bridgehead atoms. The SMILES string of the molecule is Nc1nc2c(c(CCc3ccc(C(=O)O)cc3)c(Br)n2Cc2ccccc2)c(=O)[nH]1. The molecule has 8 heteroatoms. The summed E-state index contributed by atoms with van der Waals surface area (Å²) in [6.07, 6.45) is 1.23. The molecule has 0 amide bonds. The number of aryl methyl sites for hydroxylation is 2. The first-order valence-electron chi connectivity index (χ1n) is 9.36. The Bertz CT molecular complexity index is 1280. The van der Waals surface area contributed by atoms with Crippen molar-refractivity contribution in [3.63, 3.8) is 0 Å². The van der Waals surface area contributed by atoms with Crippen LogP contribution < -0.4 is 11.3 Å². The largest absolute Gasteiger partial charge is 0.478 e. The van der Waals surface area contributed by atoms with Gasteiger partial charge < -0.3 is 15.4 Å². The third-order valence-corrected chi connectivity index (χ3v) is 5.92. The van der Waals surface area contributed by atoms with Crippen LogP contribution in [0.3, 0.4) is 0 Å². The molecule has 4 aromatic rings. The molecule has 0 aliphatic rings. The maximum Gasteiger partial charge on any atom is 0.335 e. The van der Waals surface area contributed by atoms with Gasteiger partial charge in [0.1, 0.15) is 0 Å². The van der Waals surface area contributed by atoms with E-state index in [9.17, 15) is 9.59 Å². The number of carboxylic acids is 1. The zero-order chi connectivity index (χ0) is 21.3. The average Bonchev–Trinajstić information content (AvgIpc) is 2.99. The van der Waals surface area contributed by atoms with E-state index in [2.05, 4.69) is 25.9 Å².